The molecule has 0 aliphatic rings. The monoisotopic (exact) mass is 389 g/mol. The molecule has 0 unspecified atom stereocenters. The molecule has 0 saturated carbocycles. The van der Waals surface area contributed by atoms with Gasteiger partial charge in [0.15, 0.2) is 0 Å². The van der Waals surface area contributed by atoms with Crippen LogP contribution in [0.4, 0.5) is 5.69 Å². The number of sulfonamides is 1. The van der Waals surface area contributed by atoms with Crippen molar-refractivity contribution in [2.45, 2.75) is 25.3 Å². The molecule has 0 radical (unpaired) electrons. The predicted molar refractivity (Wildman–Crippen MR) is 104 cm³/mol. The number of aryl methyl sites for hydroxylation is 2. The van der Waals surface area contributed by atoms with Crippen LogP contribution in [0.2, 0.25) is 0 Å². The Labute approximate surface area is 159 Å². The quantitative estimate of drug-likeness (QED) is 0.763. The highest BCUT2D eigenvalue weighted by molar-refractivity contribution is 7.89. The van der Waals surface area contributed by atoms with Gasteiger partial charge in [0.1, 0.15) is 0 Å². The van der Waals surface area contributed by atoms with E-state index in [0.717, 1.165) is 15.4 Å². The molecule has 0 aliphatic carbocycles. The maximum absolute atomic E-state index is 12.0. The van der Waals surface area contributed by atoms with Gasteiger partial charge in [-0.2, -0.15) is 0 Å². The molecule has 0 aromatic heterocycles. The van der Waals surface area contributed by atoms with E-state index in [-0.39, 0.29) is 11.4 Å². The van der Waals surface area contributed by atoms with Crippen molar-refractivity contribution in [1.29, 1.82) is 0 Å². The Balaban J connectivity index is 1.94. The second kappa shape index (κ2) is 8.32. The van der Waals surface area contributed by atoms with Gasteiger partial charge in [0.25, 0.3) is 0 Å². The minimum absolute atomic E-state index is 0.113. The summed E-state index contributed by atoms with van der Waals surface area (Å²) in [5.74, 6) is -1.52. The molecular formula is C19H23N3O4S. The predicted octanol–water partition coefficient (Wildman–Crippen LogP) is 1.81. The highest BCUT2D eigenvalue weighted by Gasteiger charge is 2.17. The molecule has 2 N–H and O–H groups in total. The highest BCUT2D eigenvalue weighted by Crippen LogP contribution is 2.15. The van der Waals surface area contributed by atoms with E-state index >= 15 is 0 Å². The molecule has 0 heterocycles. The summed E-state index contributed by atoms with van der Waals surface area (Å²) in [6.07, 6.45) is 0. The lowest BCUT2D eigenvalue weighted by Crippen LogP contribution is -2.35. The maximum Gasteiger partial charge on any atom is 0.313 e. The average Bonchev–Trinajstić information content (AvgIpc) is 2.62. The normalized spacial score (nSPS) is 11.3. The third-order valence-corrected chi connectivity index (χ3v) is 5.96. The lowest BCUT2D eigenvalue weighted by atomic mass is 10.1. The number of carbonyl (C=O) groups is 2. The molecule has 0 spiro atoms. The first-order chi connectivity index (χ1) is 12.6. The van der Waals surface area contributed by atoms with Gasteiger partial charge in [-0.3, -0.25) is 9.59 Å². The van der Waals surface area contributed by atoms with Gasteiger partial charge in [0, 0.05) is 26.3 Å². The van der Waals surface area contributed by atoms with E-state index in [1.807, 2.05) is 19.9 Å². The van der Waals surface area contributed by atoms with Crippen LogP contribution >= 0.6 is 0 Å². The zero-order chi connectivity index (χ0) is 20.2. The van der Waals surface area contributed by atoms with Crippen molar-refractivity contribution in [2.24, 2.45) is 0 Å². The van der Waals surface area contributed by atoms with Crippen LogP contribution in [0.15, 0.2) is 47.4 Å². The summed E-state index contributed by atoms with van der Waals surface area (Å²) in [5.41, 5.74) is 3.34. The van der Waals surface area contributed by atoms with Gasteiger partial charge in [-0.05, 0) is 54.8 Å². The lowest BCUT2D eigenvalue weighted by molar-refractivity contribution is -0.136. The molecule has 2 aromatic rings. The second-order valence-electron chi connectivity index (χ2n) is 6.37. The van der Waals surface area contributed by atoms with Crippen molar-refractivity contribution in [3.63, 3.8) is 0 Å². The number of nitrogens with zero attached hydrogens (tertiary/aromatic N) is 1. The fourth-order valence-electron chi connectivity index (χ4n) is 2.26. The first-order valence-electron chi connectivity index (χ1n) is 8.29. The molecule has 8 heteroatoms. The molecule has 144 valence electrons. The van der Waals surface area contributed by atoms with Crippen LogP contribution in [-0.2, 0) is 26.2 Å². The van der Waals surface area contributed by atoms with E-state index in [1.165, 1.54) is 26.2 Å². The summed E-state index contributed by atoms with van der Waals surface area (Å²) in [7, 11) is -0.586. The fraction of sp³-hybridized carbons (Fsp3) is 0.263. The van der Waals surface area contributed by atoms with Crippen LogP contribution in [0.3, 0.4) is 0 Å². The average molecular weight is 389 g/mol. The number of hydrogen-bond donors (Lipinski definition) is 2. The van der Waals surface area contributed by atoms with E-state index in [9.17, 15) is 18.0 Å². The number of benzene rings is 2. The lowest BCUT2D eigenvalue weighted by Gasteiger charge is -2.12. The van der Waals surface area contributed by atoms with Gasteiger partial charge >= 0.3 is 11.8 Å². The third-order valence-electron chi connectivity index (χ3n) is 4.13. The zero-order valence-electron chi connectivity index (χ0n) is 15.7. The number of nitrogens with one attached hydrogen (secondary N) is 2. The number of hydrogen-bond acceptors (Lipinski definition) is 4. The Morgan fingerprint density at radius 1 is 0.926 bits per heavy atom. The van der Waals surface area contributed by atoms with Gasteiger partial charge in [-0.25, -0.2) is 12.7 Å². The van der Waals surface area contributed by atoms with E-state index in [4.69, 9.17) is 0 Å². The number of anilines is 1. The minimum Gasteiger partial charge on any atom is -0.344 e. The molecule has 2 rings (SSSR count). The first kappa shape index (κ1) is 20.6. The summed E-state index contributed by atoms with van der Waals surface area (Å²) in [6, 6.07) is 11.5. The molecule has 0 fully saturated rings. The number of amides is 2. The summed E-state index contributed by atoms with van der Waals surface area (Å²) in [6.45, 7) is 4.00. The summed E-state index contributed by atoms with van der Waals surface area (Å²) in [4.78, 5) is 24.1. The van der Waals surface area contributed by atoms with E-state index in [1.54, 1.807) is 24.3 Å². The minimum atomic E-state index is -3.50. The second-order valence-corrected chi connectivity index (χ2v) is 8.52. The standard InChI is InChI=1S/C19H23N3O4S/c1-13-5-8-16(11-14(13)2)21-19(24)18(23)20-12-15-6-9-17(10-7-15)27(25,26)22(3)4/h5-11H,12H2,1-4H3,(H,20,23)(H,21,24). The molecular weight excluding hydrogens is 366 g/mol. The van der Waals surface area contributed by atoms with Crippen LogP contribution in [0.5, 0.6) is 0 Å². The Hall–Kier alpha value is -2.71. The third kappa shape index (κ3) is 5.15. The van der Waals surface area contributed by atoms with Crippen LogP contribution < -0.4 is 10.6 Å². The zero-order valence-corrected chi connectivity index (χ0v) is 16.6. The highest BCUT2D eigenvalue weighted by atomic mass is 32.2. The number of rotatable bonds is 5. The Kier molecular flexibility index (Phi) is 6.35. The van der Waals surface area contributed by atoms with Crippen molar-refractivity contribution >= 4 is 27.5 Å². The molecule has 0 bridgehead atoms. The Morgan fingerprint density at radius 3 is 2.11 bits per heavy atom. The van der Waals surface area contributed by atoms with Gasteiger partial charge in [0.05, 0.1) is 4.90 Å². The summed E-state index contributed by atoms with van der Waals surface area (Å²) < 4.78 is 25.2. The Morgan fingerprint density at radius 2 is 1.56 bits per heavy atom. The molecule has 0 saturated heterocycles. The molecule has 7 nitrogen and oxygen atoms in total. The van der Waals surface area contributed by atoms with Crippen molar-refractivity contribution in [3.8, 4) is 0 Å². The topological polar surface area (TPSA) is 95.6 Å². The molecule has 0 atom stereocenters. The maximum atomic E-state index is 12.0. The van der Waals surface area contributed by atoms with Crippen LogP contribution in [0, 0.1) is 13.8 Å². The van der Waals surface area contributed by atoms with Gasteiger partial charge in [-0.15, -0.1) is 0 Å². The SMILES string of the molecule is Cc1ccc(NC(=O)C(=O)NCc2ccc(S(=O)(=O)N(C)C)cc2)cc1C. The fourth-order valence-corrected chi connectivity index (χ4v) is 3.16. The smallest absolute Gasteiger partial charge is 0.313 e. The van der Waals surface area contributed by atoms with E-state index < -0.39 is 21.8 Å². The summed E-state index contributed by atoms with van der Waals surface area (Å²) in [5, 5.41) is 5.07. The van der Waals surface area contributed by atoms with E-state index in [0.29, 0.717) is 11.3 Å². The van der Waals surface area contributed by atoms with E-state index in [2.05, 4.69) is 10.6 Å². The van der Waals surface area contributed by atoms with Crippen molar-refractivity contribution in [1.82, 2.24) is 9.62 Å². The summed E-state index contributed by atoms with van der Waals surface area (Å²) >= 11 is 0. The first-order valence-corrected chi connectivity index (χ1v) is 9.73. The molecule has 27 heavy (non-hydrogen) atoms. The number of carbonyl (C=O) groups excluding carboxylic acids is 2. The molecule has 2 aromatic carbocycles. The van der Waals surface area contributed by atoms with Crippen LogP contribution in [-0.4, -0.2) is 38.6 Å². The van der Waals surface area contributed by atoms with Crippen molar-refractivity contribution < 1.29 is 18.0 Å². The van der Waals surface area contributed by atoms with Gasteiger partial charge < -0.3 is 10.6 Å². The molecule has 2 amide bonds. The van der Waals surface area contributed by atoms with Gasteiger partial charge in [0.2, 0.25) is 10.0 Å². The van der Waals surface area contributed by atoms with Crippen LogP contribution in [0.1, 0.15) is 16.7 Å². The largest absolute Gasteiger partial charge is 0.344 e. The van der Waals surface area contributed by atoms with Crippen molar-refractivity contribution in [2.75, 3.05) is 19.4 Å². The molecule has 0 aliphatic heterocycles. The van der Waals surface area contributed by atoms with Crippen molar-refractivity contribution in [3.05, 3.63) is 59.2 Å². The van der Waals surface area contributed by atoms with Gasteiger partial charge in [-0.1, -0.05) is 18.2 Å². The Bertz CT molecular complexity index is 951. The van der Waals surface area contributed by atoms with Crippen LogP contribution in [0.25, 0.3) is 0 Å².